The number of aromatic hydroxyl groups is 1. The zero-order chi connectivity index (χ0) is 67.2. The first-order valence-corrected chi connectivity index (χ1v) is 31.6. The van der Waals surface area contributed by atoms with E-state index in [2.05, 4.69) is 52.2 Å². The molecule has 0 bridgehead atoms. The van der Waals surface area contributed by atoms with Crippen LogP contribution in [0.4, 0.5) is 0 Å². The highest BCUT2D eigenvalue weighted by Crippen LogP contribution is 2.26. The van der Waals surface area contributed by atoms with E-state index in [1.165, 1.54) is 29.2 Å². The molecule has 0 saturated carbocycles. The molecule has 9 atom stereocenters. The number of carbonyl (C=O) groups is 9. The van der Waals surface area contributed by atoms with Crippen LogP contribution in [0.25, 0.3) is 32.7 Å². The Morgan fingerprint density at radius 3 is 1.39 bits per heavy atom. The van der Waals surface area contributed by atoms with Gasteiger partial charge >= 0.3 is 5.97 Å². The van der Waals surface area contributed by atoms with Crippen molar-refractivity contribution < 1.29 is 58.5 Å². The topological polar surface area (TPSA) is 375 Å². The van der Waals surface area contributed by atoms with Crippen LogP contribution in [-0.4, -0.2) is 156 Å². The summed E-state index contributed by atoms with van der Waals surface area (Å²) in [6, 6.07) is 24.8. The molecule has 1 aliphatic heterocycles. The zero-order valence-electron chi connectivity index (χ0n) is 52.8. The van der Waals surface area contributed by atoms with E-state index >= 15 is 14.4 Å². The molecule has 9 rings (SSSR count). The largest absolute Gasteiger partial charge is 0.508 e. The summed E-state index contributed by atoms with van der Waals surface area (Å²) in [7, 11) is 0. The normalized spacial score (nSPS) is 15.7. The van der Waals surface area contributed by atoms with Gasteiger partial charge < -0.3 is 78.1 Å². The van der Waals surface area contributed by atoms with Crippen LogP contribution in [-0.2, 0) is 75.3 Å². The molecule has 0 unspecified atom stereocenters. The second-order valence-corrected chi connectivity index (χ2v) is 24.8. The monoisotopic (exact) mass is 1280 g/mol. The Hall–Kier alpha value is -10.3. The Balaban J connectivity index is 1.00. The Morgan fingerprint density at radius 1 is 0.500 bits per heavy atom. The maximum absolute atomic E-state index is 15.4. The number of amides is 8. The molecule has 0 radical (unpaired) electrons. The number of carbonyl (C=O) groups excluding carboxylic acids is 8. The number of nitrogens with zero attached hydrogens (tertiary/aromatic N) is 1. The minimum absolute atomic E-state index is 0.0655. The average molecular weight is 1280 g/mol. The van der Waals surface area contributed by atoms with Crippen molar-refractivity contribution in [3.05, 3.63) is 174 Å². The molecule has 24 heteroatoms. The summed E-state index contributed by atoms with van der Waals surface area (Å²) in [5.74, 6) is -8.19. The van der Waals surface area contributed by atoms with E-state index in [9.17, 15) is 44.1 Å². The van der Waals surface area contributed by atoms with Crippen molar-refractivity contribution in [2.24, 2.45) is 17.6 Å². The lowest BCUT2D eigenvalue weighted by Gasteiger charge is -2.31. The molecule has 5 aromatic carbocycles. The standard InChI is InChI=1S/C70H82N12O12/c1-39(2)29-54(75-62(85)50(71)30-41-15-6-5-7-16-41)63(86)76-55(31-42-24-26-46(84)27-25-42)64(87)80-59(38-83)67(90)78-56(32-43-35-72-51-20-11-8-17-47(43)51)65(88)77-57(33-44-36-73-52-21-12-9-18-48(44)52)66(89)79-58(34-45-37-74-53-22-13-10-19-49(45)53)69(92)82-28-14-23-60(82)68(91)81-61(40(3)4)70(93)94/h5-13,15-22,24-27,35-37,39-40,50,54-61,72-74,83-84H,14,23,28-34,38,71H2,1-4H3,(H,75,85)(H,76,86)(H,77,88)(H,78,90)(H,79,89)(H,80,87)(H,81,91)(H,93,94)/t50-,54-,55-,56-,57-,58-,59-,60-,61-/m0/s1. The minimum atomic E-state index is -1.76. The smallest absolute Gasteiger partial charge is 0.326 e. The number of aromatic nitrogens is 3. The van der Waals surface area contributed by atoms with Crippen LogP contribution in [0.2, 0.25) is 0 Å². The van der Waals surface area contributed by atoms with Gasteiger partial charge in [0.25, 0.3) is 0 Å². The number of hydrogen-bond donors (Lipinski definition) is 14. The van der Waals surface area contributed by atoms with Crippen LogP contribution in [0.1, 0.15) is 74.8 Å². The van der Waals surface area contributed by atoms with E-state index in [1.54, 1.807) is 38.5 Å². The molecule has 0 spiro atoms. The third kappa shape index (κ3) is 17.2. The van der Waals surface area contributed by atoms with Crippen LogP contribution in [0.5, 0.6) is 5.75 Å². The number of carboxylic acids is 1. The Bertz CT molecular complexity index is 3990. The van der Waals surface area contributed by atoms with E-state index in [0.29, 0.717) is 39.6 Å². The summed E-state index contributed by atoms with van der Waals surface area (Å²) in [5, 5.41) is 52.5. The highest BCUT2D eigenvalue weighted by molar-refractivity contribution is 6.00. The lowest BCUT2D eigenvalue weighted by atomic mass is 9.99. The molecule has 94 heavy (non-hydrogen) atoms. The minimum Gasteiger partial charge on any atom is -0.508 e. The first kappa shape index (κ1) is 68.0. The van der Waals surface area contributed by atoms with E-state index in [4.69, 9.17) is 5.73 Å². The van der Waals surface area contributed by atoms with Crippen LogP contribution in [0.3, 0.4) is 0 Å². The number of para-hydroxylation sites is 3. The van der Waals surface area contributed by atoms with Crippen molar-refractivity contribution in [1.82, 2.24) is 57.1 Å². The van der Waals surface area contributed by atoms with Gasteiger partial charge in [-0.2, -0.15) is 0 Å². The summed E-state index contributed by atoms with van der Waals surface area (Å²) in [4.78, 5) is 140. The summed E-state index contributed by atoms with van der Waals surface area (Å²) in [6.45, 7) is 6.13. The lowest BCUT2D eigenvalue weighted by Crippen LogP contribution is -2.61. The van der Waals surface area contributed by atoms with Gasteiger partial charge in [0.2, 0.25) is 47.3 Å². The Kier molecular flexibility index (Phi) is 22.7. The van der Waals surface area contributed by atoms with Gasteiger partial charge in [-0.15, -0.1) is 0 Å². The van der Waals surface area contributed by atoms with Gasteiger partial charge in [-0.1, -0.05) is 125 Å². The fourth-order valence-electron chi connectivity index (χ4n) is 12.0. The molecule has 494 valence electrons. The summed E-state index contributed by atoms with van der Waals surface area (Å²) < 4.78 is 0. The summed E-state index contributed by atoms with van der Waals surface area (Å²) in [6.07, 6.45) is 5.42. The third-order valence-corrected chi connectivity index (χ3v) is 17.0. The van der Waals surface area contributed by atoms with Crippen LogP contribution in [0, 0.1) is 11.8 Å². The molecule has 1 aliphatic rings. The van der Waals surface area contributed by atoms with Gasteiger partial charge in [0.1, 0.15) is 54.1 Å². The average Bonchev–Trinajstić information content (AvgIpc) is 1.86. The van der Waals surface area contributed by atoms with Crippen molar-refractivity contribution >= 4 is 85.9 Å². The second kappa shape index (κ2) is 31.3. The van der Waals surface area contributed by atoms with Crippen molar-refractivity contribution in [2.45, 2.75) is 133 Å². The highest BCUT2D eigenvalue weighted by atomic mass is 16.4. The zero-order valence-corrected chi connectivity index (χ0v) is 52.8. The Morgan fingerprint density at radius 2 is 0.915 bits per heavy atom. The number of nitrogens with two attached hydrogens (primary N) is 1. The molecule has 1 fully saturated rings. The number of carboxylic acid groups (broad SMARTS) is 1. The first-order valence-electron chi connectivity index (χ1n) is 31.6. The number of phenolic OH excluding ortho intramolecular Hbond substituents is 1. The summed E-state index contributed by atoms with van der Waals surface area (Å²) >= 11 is 0. The van der Waals surface area contributed by atoms with Gasteiger partial charge in [-0.05, 0) is 95.7 Å². The second-order valence-electron chi connectivity index (χ2n) is 24.8. The van der Waals surface area contributed by atoms with E-state index in [1.807, 2.05) is 111 Å². The molecular formula is C70H82N12O12. The molecule has 15 N–H and O–H groups in total. The number of benzene rings is 5. The Labute approximate surface area is 543 Å². The molecule has 4 heterocycles. The van der Waals surface area contributed by atoms with Gasteiger partial charge in [-0.25, -0.2) is 4.79 Å². The first-order chi connectivity index (χ1) is 45.1. The molecule has 1 saturated heterocycles. The van der Waals surface area contributed by atoms with Crippen molar-refractivity contribution in [2.75, 3.05) is 13.2 Å². The van der Waals surface area contributed by atoms with E-state index in [-0.39, 0.29) is 63.2 Å². The number of aliphatic carboxylic acids is 1. The number of phenols is 1. The number of nitrogens with one attached hydrogen (secondary N) is 10. The van der Waals surface area contributed by atoms with Crippen molar-refractivity contribution in [3.8, 4) is 5.75 Å². The fourth-order valence-corrected chi connectivity index (χ4v) is 12.0. The molecule has 0 aliphatic carbocycles. The maximum Gasteiger partial charge on any atom is 0.326 e. The molecule has 8 amide bonds. The predicted octanol–water partition coefficient (Wildman–Crippen LogP) is 3.84. The molecule has 24 nitrogen and oxygen atoms in total. The number of rotatable bonds is 30. The molecule has 3 aromatic heterocycles. The SMILES string of the molecule is CC(C)C[C@H](NC(=O)[C@@H](N)Cc1ccccc1)C(=O)N[C@@H](Cc1ccc(O)cc1)C(=O)N[C@@H](CO)C(=O)N[C@@H](Cc1c[nH]c2ccccc12)C(=O)N[C@@H](Cc1c[nH]c2ccccc12)C(=O)N[C@@H](Cc1c[nH]c2ccccc12)C(=O)N1CCC[C@H]1C(=O)N[C@H](C(=O)O)C(C)C. The van der Waals surface area contributed by atoms with Crippen LogP contribution >= 0.6 is 0 Å². The number of hydrogen-bond acceptors (Lipinski definition) is 12. The lowest BCUT2D eigenvalue weighted by molar-refractivity contribution is -0.145. The number of likely N-dealkylation sites (tertiary alicyclic amines) is 1. The van der Waals surface area contributed by atoms with Crippen LogP contribution in [0.15, 0.2) is 146 Å². The third-order valence-electron chi connectivity index (χ3n) is 17.0. The van der Waals surface area contributed by atoms with Crippen molar-refractivity contribution in [3.63, 3.8) is 0 Å². The van der Waals surface area contributed by atoms with Crippen LogP contribution < -0.4 is 43.0 Å². The molecular weight excluding hydrogens is 1200 g/mol. The van der Waals surface area contributed by atoms with Crippen molar-refractivity contribution in [1.29, 1.82) is 0 Å². The fraction of sp³-hybridized carbons (Fsp3) is 0.357. The quantitative estimate of drug-likeness (QED) is 0.0305. The predicted molar refractivity (Wildman–Crippen MR) is 353 cm³/mol. The van der Waals surface area contributed by atoms with Gasteiger partial charge in [0, 0.05) is 83.5 Å². The number of fused-ring (bicyclic) bond motifs is 3. The number of aliphatic hydroxyl groups excluding tert-OH is 1. The maximum atomic E-state index is 15.4. The summed E-state index contributed by atoms with van der Waals surface area (Å²) in [5.41, 5.74) is 11.6. The number of aromatic amines is 3. The van der Waals surface area contributed by atoms with E-state index < -0.39 is 120 Å². The van der Waals surface area contributed by atoms with Gasteiger partial charge in [0.05, 0.1) is 12.6 Å². The van der Waals surface area contributed by atoms with Gasteiger partial charge in [-0.3, -0.25) is 38.4 Å². The van der Waals surface area contributed by atoms with E-state index in [0.717, 1.165) is 27.4 Å². The number of H-pyrrole nitrogens is 3. The molecule has 8 aromatic rings. The highest BCUT2D eigenvalue weighted by Gasteiger charge is 2.41. The number of aliphatic hydroxyl groups is 1. The van der Waals surface area contributed by atoms with Gasteiger partial charge in [0.15, 0.2) is 0 Å².